The van der Waals surface area contributed by atoms with Crippen molar-refractivity contribution < 1.29 is 13.9 Å². The number of hydrogen-bond acceptors (Lipinski definition) is 3. The lowest BCUT2D eigenvalue weighted by Gasteiger charge is -2.05. The Morgan fingerprint density at radius 1 is 1.67 bits per heavy atom. The highest BCUT2D eigenvalue weighted by atomic mass is 19.1. The van der Waals surface area contributed by atoms with Gasteiger partial charge < -0.3 is 10.1 Å². The Bertz CT molecular complexity index is 412. The summed E-state index contributed by atoms with van der Waals surface area (Å²) in [6.07, 6.45) is 0. The van der Waals surface area contributed by atoms with Crippen LogP contribution < -0.4 is 10.1 Å². The summed E-state index contributed by atoms with van der Waals surface area (Å²) in [5, 5.41) is 10.8. The highest BCUT2D eigenvalue weighted by molar-refractivity contribution is 5.77. The third-order valence-corrected chi connectivity index (χ3v) is 1.70. The second-order valence-corrected chi connectivity index (χ2v) is 2.72. The predicted octanol–water partition coefficient (Wildman–Crippen LogP) is 0.822. The lowest BCUT2D eigenvalue weighted by molar-refractivity contribution is -0.122. The molecule has 1 aromatic rings. The van der Waals surface area contributed by atoms with E-state index in [0.29, 0.717) is 0 Å². The van der Waals surface area contributed by atoms with Crippen LogP contribution in [0.3, 0.4) is 0 Å². The van der Waals surface area contributed by atoms with Crippen molar-refractivity contribution in [3.8, 4) is 11.8 Å². The van der Waals surface area contributed by atoms with E-state index in [9.17, 15) is 9.18 Å². The summed E-state index contributed by atoms with van der Waals surface area (Å²) in [4.78, 5) is 10.8. The number of benzene rings is 1. The molecule has 0 aliphatic carbocycles. The van der Waals surface area contributed by atoms with Gasteiger partial charge in [-0.3, -0.25) is 4.79 Å². The molecule has 1 aromatic carbocycles. The standard InChI is InChI=1S/C10H9FN2O2/c1-13-10(14)6-15-9-3-2-7(5-12)4-8(9)11/h2-4H,6H2,1H3,(H,13,14). The van der Waals surface area contributed by atoms with Gasteiger partial charge in [0.05, 0.1) is 11.6 Å². The van der Waals surface area contributed by atoms with E-state index in [0.717, 1.165) is 6.07 Å². The first kappa shape index (κ1) is 11.0. The summed E-state index contributed by atoms with van der Waals surface area (Å²) in [7, 11) is 1.46. The van der Waals surface area contributed by atoms with Gasteiger partial charge in [-0.05, 0) is 18.2 Å². The summed E-state index contributed by atoms with van der Waals surface area (Å²) in [5.74, 6) is -1.05. The van der Waals surface area contributed by atoms with Gasteiger partial charge in [-0.1, -0.05) is 0 Å². The molecule has 0 fully saturated rings. The zero-order valence-electron chi connectivity index (χ0n) is 8.08. The smallest absolute Gasteiger partial charge is 0.257 e. The number of nitrogens with one attached hydrogen (secondary N) is 1. The molecule has 5 heteroatoms. The minimum Gasteiger partial charge on any atom is -0.481 e. The highest BCUT2D eigenvalue weighted by Crippen LogP contribution is 2.17. The van der Waals surface area contributed by atoms with E-state index in [4.69, 9.17) is 10.00 Å². The molecule has 15 heavy (non-hydrogen) atoms. The summed E-state index contributed by atoms with van der Waals surface area (Å²) < 4.78 is 18.1. The number of halogens is 1. The van der Waals surface area contributed by atoms with Crippen LogP contribution in [0.1, 0.15) is 5.56 Å². The number of hydrogen-bond donors (Lipinski definition) is 1. The molecule has 0 saturated heterocycles. The largest absolute Gasteiger partial charge is 0.481 e. The molecule has 0 bridgehead atoms. The maximum absolute atomic E-state index is 13.2. The number of nitriles is 1. The molecule has 4 nitrogen and oxygen atoms in total. The van der Waals surface area contributed by atoms with Crippen LogP contribution in [0.15, 0.2) is 18.2 Å². The summed E-state index contributed by atoms with van der Waals surface area (Å²) >= 11 is 0. The topological polar surface area (TPSA) is 62.1 Å². The van der Waals surface area contributed by atoms with Crippen LogP contribution in [-0.2, 0) is 4.79 Å². The SMILES string of the molecule is CNC(=O)COc1ccc(C#N)cc1F. The molecular weight excluding hydrogens is 199 g/mol. The van der Waals surface area contributed by atoms with Crippen LogP contribution in [0.25, 0.3) is 0 Å². The molecular formula is C10H9FN2O2. The van der Waals surface area contributed by atoms with Crippen LogP contribution in [0, 0.1) is 17.1 Å². The zero-order chi connectivity index (χ0) is 11.3. The van der Waals surface area contributed by atoms with E-state index in [1.54, 1.807) is 6.07 Å². The fourth-order valence-electron chi connectivity index (χ4n) is 0.903. The lowest BCUT2D eigenvalue weighted by Crippen LogP contribution is -2.25. The van der Waals surface area contributed by atoms with Crippen LogP contribution in [0.5, 0.6) is 5.75 Å². The van der Waals surface area contributed by atoms with Gasteiger partial charge in [0.25, 0.3) is 5.91 Å². The van der Waals surface area contributed by atoms with Crippen LogP contribution in [-0.4, -0.2) is 19.6 Å². The van der Waals surface area contributed by atoms with Gasteiger partial charge in [0.1, 0.15) is 0 Å². The molecule has 78 valence electrons. The van der Waals surface area contributed by atoms with E-state index < -0.39 is 5.82 Å². The molecule has 0 unspecified atom stereocenters. The second kappa shape index (κ2) is 4.96. The summed E-state index contributed by atoms with van der Waals surface area (Å²) in [6.45, 7) is -0.251. The van der Waals surface area contributed by atoms with Crippen molar-refractivity contribution in [3.63, 3.8) is 0 Å². The maximum Gasteiger partial charge on any atom is 0.257 e. The van der Waals surface area contributed by atoms with Crippen molar-refractivity contribution in [1.82, 2.24) is 5.32 Å². The minimum absolute atomic E-state index is 0.0439. The van der Waals surface area contributed by atoms with E-state index in [1.807, 2.05) is 0 Å². The molecule has 0 saturated carbocycles. The number of carbonyl (C=O) groups excluding carboxylic acids is 1. The van der Waals surface area contributed by atoms with Crippen molar-refractivity contribution in [2.75, 3.05) is 13.7 Å². The Morgan fingerprint density at radius 3 is 2.93 bits per heavy atom. The normalized spacial score (nSPS) is 9.13. The Kier molecular flexibility index (Phi) is 3.63. The average molecular weight is 208 g/mol. The van der Waals surface area contributed by atoms with Gasteiger partial charge in [0.15, 0.2) is 18.2 Å². The van der Waals surface area contributed by atoms with Gasteiger partial charge in [-0.25, -0.2) is 4.39 Å². The molecule has 0 aliphatic heterocycles. The van der Waals surface area contributed by atoms with E-state index in [1.165, 1.54) is 19.2 Å². The zero-order valence-corrected chi connectivity index (χ0v) is 8.08. The van der Waals surface area contributed by atoms with E-state index in [2.05, 4.69) is 5.32 Å². The van der Waals surface area contributed by atoms with Crippen molar-refractivity contribution in [2.45, 2.75) is 0 Å². The maximum atomic E-state index is 13.2. The van der Waals surface area contributed by atoms with Gasteiger partial charge in [0, 0.05) is 7.05 Å². The Morgan fingerprint density at radius 2 is 2.40 bits per heavy atom. The first-order valence-electron chi connectivity index (χ1n) is 4.20. The van der Waals surface area contributed by atoms with Crippen molar-refractivity contribution in [2.24, 2.45) is 0 Å². The summed E-state index contributed by atoms with van der Waals surface area (Å²) in [5.41, 5.74) is 0.208. The fraction of sp³-hybridized carbons (Fsp3) is 0.200. The molecule has 0 radical (unpaired) electrons. The predicted molar refractivity (Wildman–Crippen MR) is 50.7 cm³/mol. The number of ether oxygens (including phenoxy) is 1. The minimum atomic E-state index is -0.655. The first-order valence-corrected chi connectivity index (χ1v) is 4.20. The third-order valence-electron chi connectivity index (χ3n) is 1.70. The number of carbonyl (C=O) groups is 1. The second-order valence-electron chi connectivity index (χ2n) is 2.72. The van der Waals surface area contributed by atoms with Gasteiger partial charge in [-0.2, -0.15) is 5.26 Å². The van der Waals surface area contributed by atoms with E-state index in [-0.39, 0.29) is 23.8 Å². The Hall–Kier alpha value is -2.09. The average Bonchev–Trinajstić information content (AvgIpc) is 2.26. The molecule has 1 rings (SSSR count). The third kappa shape index (κ3) is 2.95. The molecule has 1 N–H and O–H groups in total. The monoisotopic (exact) mass is 208 g/mol. The van der Waals surface area contributed by atoms with Crippen LogP contribution >= 0.6 is 0 Å². The number of likely N-dealkylation sites (N-methyl/N-ethyl adjacent to an activating group) is 1. The number of amides is 1. The Labute approximate surface area is 86.3 Å². The van der Waals surface area contributed by atoms with Crippen molar-refractivity contribution in [1.29, 1.82) is 5.26 Å². The Balaban J connectivity index is 2.71. The van der Waals surface area contributed by atoms with Gasteiger partial charge in [0.2, 0.25) is 0 Å². The highest BCUT2D eigenvalue weighted by Gasteiger charge is 2.06. The number of rotatable bonds is 3. The molecule has 1 amide bonds. The van der Waals surface area contributed by atoms with Crippen LogP contribution in [0.2, 0.25) is 0 Å². The molecule has 0 heterocycles. The molecule has 0 spiro atoms. The fourth-order valence-corrected chi connectivity index (χ4v) is 0.903. The molecule has 0 aromatic heterocycles. The van der Waals surface area contributed by atoms with Crippen LogP contribution in [0.4, 0.5) is 4.39 Å². The number of nitrogens with zero attached hydrogens (tertiary/aromatic N) is 1. The van der Waals surface area contributed by atoms with Crippen molar-refractivity contribution in [3.05, 3.63) is 29.6 Å². The van der Waals surface area contributed by atoms with Gasteiger partial charge >= 0.3 is 0 Å². The van der Waals surface area contributed by atoms with Crippen molar-refractivity contribution >= 4 is 5.91 Å². The van der Waals surface area contributed by atoms with E-state index >= 15 is 0 Å². The quantitative estimate of drug-likeness (QED) is 0.799. The summed E-state index contributed by atoms with van der Waals surface area (Å²) in [6, 6.07) is 5.59. The molecule has 0 atom stereocenters. The molecule has 0 aliphatic rings. The lowest BCUT2D eigenvalue weighted by atomic mass is 10.2. The van der Waals surface area contributed by atoms with Gasteiger partial charge in [-0.15, -0.1) is 0 Å². The first-order chi connectivity index (χ1) is 7.17.